The zero-order valence-electron chi connectivity index (χ0n) is 16.3. The van der Waals surface area contributed by atoms with Crippen molar-refractivity contribution in [3.05, 3.63) is 117 Å². The molecule has 0 amide bonds. The third-order valence-corrected chi connectivity index (χ3v) is 5.09. The molecule has 1 aromatic heterocycles. The molecule has 0 saturated heterocycles. The predicted octanol–water partition coefficient (Wildman–Crippen LogP) is 5.47. The van der Waals surface area contributed by atoms with Crippen LogP contribution < -0.4 is 10.3 Å². The van der Waals surface area contributed by atoms with Crippen molar-refractivity contribution < 1.29 is 13.5 Å². The fraction of sp³-hybridized carbons (Fsp3) is 0.0833. The maximum absolute atomic E-state index is 14.6. The normalized spacial score (nSPS) is 10.8. The number of rotatable bonds is 6. The van der Waals surface area contributed by atoms with Crippen LogP contribution in [0.1, 0.15) is 11.1 Å². The summed E-state index contributed by atoms with van der Waals surface area (Å²) in [6.07, 6.45) is 2.74. The first-order valence-corrected chi connectivity index (χ1v) is 9.84. The molecule has 0 unspecified atom stereocenters. The summed E-state index contributed by atoms with van der Waals surface area (Å²) in [5.41, 5.74) is 1.73. The summed E-state index contributed by atoms with van der Waals surface area (Å²) in [6, 6.07) is 17.7. The lowest BCUT2D eigenvalue weighted by atomic mass is 10.1. The second-order valence-corrected chi connectivity index (χ2v) is 7.30. The summed E-state index contributed by atoms with van der Waals surface area (Å²) in [6.45, 7) is 0.342. The van der Waals surface area contributed by atoms with Gasteiger partial charge in [-0.15, -0.1) is 0 Å². The van der Waals surface area contributed by atoms with Crippen molar-refractivity contribution >= 4 is 11.6 Å². The number of hydrogen-bond acceptors (Lipinski definition) is 3. The Kier molecular flexibility index (Phi) is 6.09. The predicted molar refractivity (Wildman–Crippen MR) is 115 cm³/mol. The standard InChI is InChI=1S/C24H17ClF2N2O2/c25-21-11-19(26)8-6-18(21)13-29-15-28-12-20(24(29)30)17-7-9-23(22(27)10-17)31-14-16-4-2-1-3-5-16/h1-12,15H,13-14H2. The van der Waals surface area contributed by atoms with Gasteiger partial charge in [0, 0.05) is 11.2 Å². The van der Waals surface area contributed by atoms with Crippen LogP contribution in [0, 0.1) is 11.6 Å². The lowest BCUT2D eigenvalue weighted by molar-refractivity contribution is 0.290. The molecule has 0 radical (unpaired) electrons. The lowest BCUT2D eigenvalue weighted by Crippen LogP contribution is -2.22. The average Bonchev–Trinajstić information content (AvgIpc) is 2.77. The number of nitrogens with zero attached hydrogens (tertiary/aromatic N) is 2. The maximum atomic E-state index is 14.6. The molecule has 0 N–H and O–H groups in total. The Bertz CT molecular complexity index is 1280. The summed E-state index contributed by atoms with van der Waals surface area (Å²) in [4.78, 5) is 17.0. The van der Waals surface area contributed by atoms with Crippen molar-refractivity contribution in [1.29, 1.82) is 0 Å². The van der Waals surface area contributed by atoms with Gasteiger partial charge < -0.3 is 4.74 Å². The molecule has 0 aliphatic rings. The minimum Gasteiger partial charge on any atom is -0.486 e. The van der Waals surface area contributed by atoms with E-state index < -0.39 is 11.6 Å². The zero-order valence-corrected chi connectivity index (χ0v) is 17.0. The van der Waals surface area contributed by atoms with Crippen LogP contribution in [0.25, 0.3) is 11.1 Å². The highest BCUT2D eigenvalue weighted by atomic mass is 35.5. The summed E-state index contributed by atoms with van der Waals surface area (Å²) < 4.78 is 34.8. The first-order chi connectivity index (χ1) is 15.0. The fourth-order valence-corrected chi connectivity index (χ4v) is 3.34. The Balaban J connectivity index is 1.57. The van der Waals surface area contributed by atoms with Gasteiger partial charge in [-0.05, 0) is 41.0 Å². The third kappa shape index (κ3) is 4.81. The number of aromatic nitrogens is 2. The van der Waals surface area contributed by atoms with Gasteiger partial charge in [0.1, 0.15) is 12.4 Å². The molecule has 0 atom stereocenters. The highest BCUT2D eigenvalue weighted by Gasteiger charge is 2.12. The van der Waals surface area contributed by atoms with Crippen LogP contribution >= 0.6 is 11.6 Å². The third-order valence-electron chi connectivity index (χ3n) is 4.74. The number of ether oxygens (including phenoxy) is 1. The largest absolute Gasteiger partial charge is 0.486 e. The molecule has 156 valence electrons. The first-order valence-electron chi connectivity index (χ1n) is 9.46. The van der Waals surface area contributed by atoms with Crippen molar-refractivity contribution in [2.45, 2.75) is 13.2 Å². The van der Waals surface area contributed by atoms with Gasteiger partial charge in [-0.3, -0.25) is 9.36 Å². The van der Waals surface area contributed by atoms with Crippen LogP contribution in [0.2, 0.25) is 5.02 Å². The molecule has 3 aromatic carbocycles. The summed E-state index contributed by atoms with van der Waals surface area (Å²) >= 11 is 6.06. The van der Waals surface area contributed by atoms with Gasteiger partial charge in [0.25, 0.3) is 5.56 Å². The van der Waals surface area contributed by atoms with E-state index >= 15 is 0 Å². The number of benzene rings is 3. The molecule has 7 heteroatoms. The van der Waals surface area contributed by atoms with E-state index in [0.717, 1.165) is 5.56 Å². The van der Waals surface area contributed by atoms with E-state index in [2.05, 4.69) is 4.98 Å². The van der Waals surface area contributed by atoms with E-state index in [4.69, 9.17) is 16.3 Å². The smallest absolute Gasteiger partial charge is 0.261 e. The zero-order chi connectivity index (χ0) is 21.8. The minimum absolute atomic E-state index is 0.0925. The van der Waals surface area contributed by atoms with Gasteiger partial charge in [0.15, 0.2) is 11.6 Å². The lowest BCUT2D eigenvalue weighted by Gasteiger charge is -2.11. The van der Waals surface area contributed by atoms with Crippen LogP contribution in [0.5, 0.6) is 5.75 Å². The highest BCUT2D eigenvalue weighted by Crippen LogP contribution is 2.25. The van der Waals surface area contributed by atoms with E-state index in [1.165, 1.54) is 47.4 Å². The van der Waals surface area contributed by atoms with Crippen molar-refractivity contribution in [2.75, 3.05) is 0 Å². The summed E-state index contributed by atoms with van der Waals surface area (Å²) in [7, 11) is 0. The molecule has 4 nitrogen and oxygen atoms in total. The number of hydrogen-bond donors (Lipinski definition) is 0. The van der Waals surface area contributed by atoms with E-state index in [-0.39, 0.29) is 35.0 Å². The van der Waals surface area contributed by atoms with E-state index in [1.54, 1.807) is 6.07 Å². The van der Waals surface area contributed by atoms with Crippen LogP contribution in [-0.4, -0.2) is 9.55 Å². The summed E-state index contributed by atoms with van der Waals surface area (Å²) in [5, 5.41) is 0.211. The van der Waals surface area contributed by atoms with Crippen LogP contribution in [0.3, 0.4) is 0 Å². The van der Waals surface area contributed by atoms with E-state index in [9.17, 15) is 13.6 Å². The number of halogens is 3. The second-order valence-electron chi connectivity index (χ2n) is 6.90. The molecular weight excluding hydrogens is 422 g/mol. The van der Waals surface area contributed by atoms with Crippen molar-refractivity contribution in [2.24, 2.45) is 0 Å². The molecule has 0 aliphatic heterocycles. The molecule has 1 heterocycles. The Morgan fingerprint density at radius 1 is 1.00 bits per heavy atom. The van der Waals surface area contributed by atoms with E-state index in [0.29, 0.717) is 11.1 Å². The Hall–Kier alpha value is -3.51. The minimum atomic E-state index is -0.579. The van der Waals surface area contributed by atoms with Gasteiger partial charge >= 0.3 is 0 Å². The molecule has 4 aromatic rings. The molecule has 0 fully saturated rings. The van der Waals surface area contributed by atoms with Gasteiger partial charge in [0.2, 0.25) is 0 Å². The Labute approximate surface area is 182 Å². The molecule has 0 aliphatic carbocycles. The summed E-state index contributed by atoms with van der Waals surface area (Å²) in [5.74, 6) is -0.947. The second kappa shape index (κ2) is 9.10. The average molecular weight is 439 g/mol. The molecule has 0 bridgehead atoms. The molecule has 31 heavy (non-hydrogen) atoms. The van der Waals surface area contributed by atoms with Gasteiger partial charge in [0.05, 0.1) is 18.4 Å². The highest BCUT2D eigenvalue weighted by molar-refractivity contribution is 6.31. The van der Waals surface area contributed by atoms with Crippen molar-refractivity contribution in [1.82, 2.24) is 9.55 Å². The van der Waals surface area contributed by atoms with Gasteiger partial charge in [-0.25, -0.2) is 13.8 Å². The van der Waals surface area contributed by atoms with Crippen molar-refractivity contribution in [3.8, 4) is 16.9 Å². The van der Waals surface area contributed by atoms with Crippen LogP contribution in [0.15, 0.2) is 84.0 Å². The molecule has 4 rings (SSSR count). The van der Waals surface area contributed by atoms with Crippen LogP contribution in [0.4, 0.5) is 8.78 Å². The Morgan fingerprint density at radius 3 is 2.55 bits per heavy atom. The first kappa shape index (κ1) is 20.8. The van der Waals surface area contributed by atoms with E-state index in [1.807, 2.05) is 30.3 Å². The molecule has 0 saturated carbocycles. The van der Waals surface area contributed by atoms with Gasteiger partial charge in [-0.1, -0.05) is 54.1 Å². The van der Waals surface area contributed by atoms with Gasteiger partial charge in [-0.2, -0.15) is 0 Å². The monoisotopic (exact) mass is 438 g/mol. The molecule has 0 spiro atoms. The topological polar surface area (TPSA) is 44.1 Å². The fourth-order valence-electron chi connectivity index (χ4n) is 3.12. The van der Waals surface area contributed by atoms with Crippen LogP contribution in [-0.2, 0) is 13.2 Å². The molecular formula is C24H17ClF2N2O2. The Morgan fingerprint density at radius 2 is 1.81 bits per heavy atom. The quantitative estimate of drug-likeness (QED) is 0.401. The maximum Gasteiger partial charge on any atom is 0.261 e. The SMILES string of the molecule is O=c1c(-c2ccc(OCc3ccccc3)c(F)c2)cncn1Cc1ccc(F)cc1Cl. The van der Waals surface area contributed by atoms with Crippen molar-refractivity contribution in [3.63, 3.8) is 0 Å².